The van der Waals surface area contributed by atoms with Gasteiger partial charge in [0.1, 0.15) is 0 Å². The summed E-state index contributed by atoms with van der Waals surface area (Å²) < 4.78 is 7.00. The molecular weight excluding hydrogens is 426 g/mol. The molecule has 0 bridgehead atoms. The Morgan fingerprint density at radius 3 is 2.44 bits per heavy atom. The van der Waals surface area contributed by atoms with Crippen LogP contribution in [0.1, 0.15) is 42.7 Å². The number of carbonyl (C=O) groups is 1. The zero-order valence-electron chi connectivity index (χ0n) is 18.4. The molecule has 0 saturated carbocycles. The standard InChI is InChI=1S/C25H28ClN3O3/c1-17(2)15-29-24(31)21-6-4-3-5-20(21)22(28-29)23(30)27-16-25(11-13-32-14-12-25)18-7-9-19(26)10-8-18/h3-10,17H,11-16H2,1-2H3,(H,27,30). The summed E-state index contributed by atoms with van der Waals surface area (Å²) in [5.74, 6) is -0.0498. The van der Waals surface area contributed by atoms with Crippen molar-refractivity contribution in [3.63, 3.8) is 0 Å². The normalized spacial score (nSPS) is 15.8. The van der Waals surface area contributed by atoms with Gasteiger partial charge in [0.15, 0.2) is 5.69 Å². The van der Waals surface area contributed by atoms with Crippen molar-refractivity contribution in [1.29, 1.82) is 0 Å². The molecule has 1 fully saturated rings. The first-order valence-corrected chi connectivity index (χ1v) is 11.4. The molecule has 1 N–H and O–H groups in total. The van der Waals surface area contributed by atoms with E-state index >= 15 is 0 Å². The molecule has 168 valence electrons. The largest absolute Gasteiger partial charge is 0.381 e. The number of benzene rings is 2. The summed E-state index contributed by atoms with van der Waals surface area (Å²) in [6, 6.07) is 15.0. The minimum absolute atomic E-state index is 0.173. The molecule has 1 aromatic heterocycles. The number of amides is 1. The zero-order chi connectivity index (χ0) is 22.7. The number of ether oxygens (including phenoxy) is 1. The Labute approximate surface area is 192 Å². The van der Waals surface area contributed by atoms with E-state index in [4.69, 9.17) is 16.3 Å². The van der Waals surface area contributed by atoms with Gasteiger partial charge in [-0.15, -0.1) is 0 Å². The van der Waals surface area contributed by atoms with Crippen LogP contribution in [0.15, 0.2) is 53.3 Å². The summed E-state index contributed by atoms with van der Waals surface area (Å²) in [6.45, 7) is 6.22. The SMILES string of the molecule is CC(C)Cn1nc(C(=O)NCC2(c3ccc(Cl)cc3)CCOCC2)c2ccccc2c1=O. The molecule has 0 aliphatic carbocycles. The van der Waals surface area contributed by atoms with E-state index in [2.05, 4.69) is 10.4 Å². The van der Waals surface area contributed by atoms with E-state index in [0.717, 1.165) is 18.4 Å². The lowest BCUT2D eigenvalue weighted by atomic mass is 9.74. The molecule has 7 heteroatoms. The smallest absolute Gasteiger partial charge is 0.274 e. The Balaban J connectivity index is 1.66. The Kier molecular flexibility index (Phi) is 6.63. The molecule has 1 aliphatic heterocycles. The molecule has 4 rings (SSSR count). The van der Waals surface area contributed by atoms with E-state index < -0.39 is 0 Å². The Morgan fingerprint density at radius 2 is 1.78 bits per heavy atom. The molecule has 0 atom stereocenters. The van der Waals surface area contributed by atoms with Gasteiger partial charge in [0.2, 0.25) is 0 Å². The van der Waals surface area contributed by atoms with Gasteiger partial charge in [0.05, 0.1) is 5.39 Å². The van der Waals surface area contributed by atoms with E-state index in [1.165, 1.54) is 4.68 Å². The molecular formula is C25H28ClN3O3. The molecule has 0 spiro atoms. The summed E-state index contributed by atoms with van der Waals surface area (Å²) in [5, 5.41) is 9.33. The predicted molar refractivity (Wildman–Crippen MR) is 126 cm³/mol. The number of aromatic nitrogens is 2. The van der Waals surface area contributed by atoms with Crippen molar-refractivity contribution in [2.75, 3.05) is 19.8 Å². The second kappa shape index (κ2) is 9.43. The Bertz CT molecular complexity index is 1170. The second-order valence-electron chi connectivity index (χ2n) is 8.86. The highest BCUT2D eigenvalue weighted by molar-refractivity contribution is 6.30. The maximum Gasteiger partial charge on any atom is 0.274 e. The average molecular weight is 454 g/mol. The number of rotatable bonds is 6. The van der Waals surface area contributed by atoms with Crippen LogP contribution in [0.4, 0.5) is 0 Å². The van der Waals surface area contributed by atoms with Gasteiger partial charge in [-0.1, -0.05) is 55.8 Å². The zero-order valence-corrected chi connectivity index (χ0v) is 19.2. The highest BCUT2D eigenvalue weighted by Crippen LogP contribution is 2.35. The third-order valence-corrected chi connectivity index (χ3v) is 6.37. The molecule has 6 nitrogen and oxygen atoms in total. The maximum atomic E-state index is 13.3. The van der Waals surface area contributed by atoms with Crippen LogP contribution in [0, 0.1) is 5.92 Å². The quantitative estimate of drug-likeness (QED) is 0.607. The first-order valence-electron chi connectivity index (χ1n) is 11.0. The average Bonchev–Trinajstić information content (AvgIpc) is 2.80. The van der Waals surface area contributed by atoms with Crippen molar-refractivity contribution in [1.82, 2.24) is 15.1 Å². The number of hydrogen-bond acceptors (Lipinski definition) is 4. The fraction of sp³-hybridized carbons (Fsp3) is 0.400. The first kappa shape index (κ1) is 22.5. The van der Waals surface area contributed by atoms with E-state index in [1.54, 1.807) is 12.1 Å². The second-order valence-corrected chi connectivity index (χ2v) is 9.29. The van der Waals surface area contributed by atoms with E-state index in [1.807, 2.05) is 50.2 Å². The molecule has 1 saturated heterocycles. The number of halogens is 1. The van der Waals surface area contributed by atoms with Crippen molar-refractivity contribution in [2.24, 2.45) is 5.92 Å². The Hall–Kier alpha value is -2.70. The van der Waals surface area contributed by atoms with Gasteiger partial charge in [0.25, 0.3) is 11.5 Å². The van der Waals surface area contributed by atoms with Crippen LogP contribution in [0.5, 0.6) is 0 Å². The molecule has 0 radical (unpaired) electrons. The minimum atomic E-state index is -0.279. The molecule has 2 aromatic carbocycles. The summed E-state index contributed by atoms with van der Waals surface area (Å²) in [4.78, 5) is 26.2. The number of nitrogens with zero attached hydrogens (tertiary/aromatic N) is 2. The third kappa shape index (κ3) is 4.57. The van der Waals surface area contributed by atoms with Gasteiger partial charge in [-0.05, 0) is 42.5 Å². The van der Waals surface area contributed by atoms with Crippen molar-refractivity contribution in [3.8, 4) is 0 Å². The lowest BCUT2D eigenvalue weighted by molar-refractivity contribution is 0.0486. The molecule has 2 heterocycles. The number of hydrogen-bond donors (Lipinski definition) is 1. The lowest BCUT2D eigenvalue weighted by Crippen LogP contribution is -2.45. The maximum absolute atomic E-state index is 13.3. The topological polar surface area (TPSA) is 73.2 Å². The fourth-order valence-electron chi connectivity index (χ4n) is 4.34. The predicted octanol–water partition coefficient (Wildman–Crippen LogP) is 4.18. The molecule has 3 aromatic rings. The van der Waals surface area contributed by atoms with Crippen LogP contribution in [-0.2, 0) is 16.7 Å². The third-order valence-electron chi connectivity index (χ3n) is 6.11. The van der Waals surface area contributed by atoms with Gasteiger partial charge in [0, 0.05) is 42.1 Å². The van der Waals surface area contributed by atoms with Crippen LogP contribution >= 0.6 is 11.6 Å². The monoisotopic (exact) mass is 453 g/mol. The minimum Gasteiger partial charge on any atom is -0.381 e. The summed E-state index contributed by atoms with van der Waals surface area (Å²) in [5.41, 5.74) is 1.00. The van der Waals surface area contributed by atoms with Crippen LogP contribution in [0.3, 0.4) is 0 Å². The van der Waals surface area contributed by atoms with Gasteiger partial charge >= 0.3 is 0 Å². The van der Waals surface area contributed by atoms with Crippen LogP contribution in [0.2, 0.25) is 5.02 Å². The molecule has 32 heavy (non-hydrogen) atoms. The van der Waals surface area contributed by atoms with Gasteiger partial charge in [-0.3, -0.25) is 9.59 Å². The molecule has 0 unspecified atom stereocenters. The van der Waals surface area contributed by atoms with Gasteiger partial charge in [-0.25, -0.2) is 4.68 Å². The van der Waals surface area contributed by atoms with E-state index in [-0.39, 0.29) is 28.5 Å². The van der Waals surface area contributed by atoms with Gasteiger partial charge in [-0.2, -0.15) is 5.10 Å². The first-order chi connectivity index (χ1) is 15.4. The van der Waals surface area contributed by atoms with Crippen LogP contribution in [0.25, 0.3) is 10.8 Å². The number of fused-ring (bicyclic) bond motifs is 1. The summed E-state index contributed by atoms with van der Waals surface area (Å²) in [7, 11) is 0. The van der Waals surface area contributed by atoms with Crippen LogP contribution < -0.4 is 10.9 Å². The van der Waals surface area contributed by atoms with Crippen molar-refractivity contribution >= 4 is 28.3 Å². The van der Waals surface area contributed by atoms with E-state index in [0.29, 0.717) is 42.1 Å². The highest BCUT2D eigenvalue weighted by atomic mass is 35.5. The molecule has 1 aliphatic rings. The summed E-state index contributed by atoms with van der Waals surface area (Å²) in [6.07, 6.45) is 1.60. The lowest BCUT2D eigenvalue weighted by Gasteiger charge is -2.38. The number of carbonyl (C=O) groups excluding carboxylic acids is 1. The number of nitrogens with one attached hydrogen (secondary N) is 1. The fourth-order valence-corrected chi connectivity index (χ4v) is 4.46. The van der Waals surface area contributed by atoms with Crippen molar-refractivity contribution in [3.05, 3.63) is 75.2 Å². The van der Waals surface area contributed by atoms with E-state index in [9.17, 15) is 9.59 Å². The summed E-state index contributed by atoms with van der Waals surface area (Å²) >= 11 is 6.09. The van der Waals surface area contributed by atoms with Crippen LogP contribution in [-0.4, -0.2) is 35.4 Å². The highest BCUT2D eigenvalue weighted by Gasteiger charge is 2.35. The van der Waals surface area contributed by atoms with Crippen molar-refractivity contribution < 1.29 is 9.53 Å². The van der Waals surface area contributed by atoms with Crippen molar-refractivity contribution in [2.45, 2.75) is 38.6 Å². The molecule has 1 amide bonds. The van der Waals surface area contributed by atoms with Gasteiger partial charge < -0.3 is 10.1 Å². The Morgan fingerprint density at radius 1 is 1.12 bits per heavy atom.